The average molecular weight is 387 g/mol. The Morgan fingerprint density at radius 2 is 1.45 bits per heavy atom. The van der Waals surface area contributed by atoms with Crippen LogP contribution in [-0.2, 0) is 16.0 Å². The highest BCUT2D eigenvalue weighted by Crippen LogP contribution is 2.15. The van der Waals surface area contributed by atoms with Crippen LogP contribution in [0.5, 0.6) is 0 Å². The molecule has 3 rings (SSSR count). The maximum absolute atomic E-state index is 12.4. The third kappa shape index (κ3) is 5.62. The Hall–Kier alpha value is -3.73. The van der Waals surface area contributed by atoms with Crippen LogP contribution >= 0.6 is 0 Å². The molecule has 146 valence electrons. The first-order valence-corrected chi connectivity index (χ1v) is 9.27. The number of esters is 1. The number of ketones is 1. The second kappa shape index (κ2) is 9.46. The first kappa shape index (κ1) is 20.0. The van der Waals surface area contributed by atoms with E-state index in [2.05, 4.69) is 5.32 Å². The summed E-state index contributed by atoms with van der Waals surface area (Å²) in [5, 5.41) is 2.77. The van der Waals surface area contributed by atoms with Gasteiger partial charge < -0.3 is 10.1 Å². The summed E-state index contributed by atoms with van der Waals surface area (Å²) in [5.41, 5.74) is 2.13. The van der Waals surface area contributed by atoms with E-state index in [4.69, 9.17) is 4.74 Å². The minimum Gasteiger partial charge on any atom is -0.451 e. The molecule has 0 fully saturated rings. The maximum Gasteiger partial charge on any atom is 0.338 e. The van der Waals surface area contributed by atoms with Crippen molar-refractivity contribution in [2.75, 3.05) is 5.32 Å². The molecular formula is C24H21NO4. The SMILES string of the molecule is CC(OC(=O)c1cccc(NC(=O)Cc2ccccc2)c1)C(=O)c1ccccc1. The van der Waals surface area contributed by atoms with Gasteiger partial charge >= 0.3 is 5.97 Å². The largest absolute Gasteiger partial charge is 0.451 e. The first-order chi connectivity index (χ1) is 14.0. The number of nitrogens with one attached hydrogen (secondary N) is 1. The lowest BCUT2D eigenvalue weighted by atomic mass is 10.1. The van der Waals surface area contributed by atoms with Crippen LogP contribution in [0.4, 0.5) is 5.69 Å². The summed E-state index contributed by atoms with van der Waals surface area (Å²) in [6, 6.07) is 24.5. The molecular weight excluding hydrogens is 366 g/mol. The predicted molar refractivity (Wildman–Crippen MR) is 111 cm³/mol. The molecule has 29 heavy (non-hydrogen) atoms. The highest BCUT2D eigenvalue weighted by atomic mass is 16.5. The van der Waals surface area contributed by atoms with Crippen LogP contribution in [0.3, 0.4) is 0 Å². The zero-order valence-electron chi connectivity index (χ0n) is 16.0. The van der Waals surface area contributed by atoms with E-state index < -0.39 is 12.1 Å². The summed E-state index contributed by atoms with van der Waals surface area (Å²) in [5.74, 6) is -1.08. The van der Waals surface area contributed by atoms with Gasteiger partial charge in [0.25, 0.3) is 0 Å². The van der Waals surface area contributed by atoms with Crippen molar-refractivity contribution >= 4 is 23.3 Å². The Balaban J connectivity index is 1.61. The number of anilines is 1. The van der Waals surface area contributed by atoms with Crippen LogP contribution < -0.4 is 5.32 Å². The van der Waals surface area contributed by atoms with Gasteiger partial charge in [0.2, 0.25) is 11.7 Å². The monoisotopic (exact) mass is 387 g/mol. The van der Waals surface area contributed by atoms with Gasteiger partial charge in [-0.1, -0.05) is 66.7 Å². The molecule has 0 aliphatic carbocycles. The quantitative estimate of drug-likeness (QED) is 0.485. The Labute approximate surface area is 169 Å². The van der Waals surface area contributed by atoms with E-state index in [9.17, 15) is 14.4 Å². The fraction of sp³-hybridized carbons (Fsp3) is 0.125. The van der Waals surface area contributed by atoms with Crippen molar-refractivity contribution in [1.82, 2.24) is 0 Å². The van der Waals surface area contributed by atoms with Crippen molar-refractivity contribution < 1.29 is 19.1 Å². The lowest BCUT2D eigenvalue weighted by molar-refractivity contribution is -0.115. The number of amides is 1. The molecule has 0 aromatic heterocycles. The van der Waals surface area contributed by atoms with Gasteiger partial charge in [0.05, 0.1) is 12.0 Å². The molecule has 5 heteroatoms. The minimum atomic E-state index is -0.916. The molecule has 1 amide bonds. The number of hydrogen-bond acceptors (Lipinski definition) is 4. The molecule has 1 atom stereocenters. The van der Waals surface area contributed by atoms with Gasteiger partial charge in [-0.2, -0.15) is 0 Å². The highest BCUT2D eigenvalue weighted by molar-refractivity contribution is 6.01. The number of carbonyl (C=O) groups is 3. The van der Waals surface area contributed by atoms with Crippen molar-refractivity contribution in [2.45, 2.75) is 19.4 Å². The smallest absolute Gasteiger partial charge is 0.338 e. The summed E-state index contributed by atoms with van der Waals surface area (Å²) in [6.45, 7) is 1.54. The normalized spacial score (nSPS) is 11.3. The standard InChI is InChI=1S/C24H21NO4/c1-17(23(27)19-11-6-3-7-12-19)29-24(28)20-13-8-14-21(16-20)25-22(26)15-18-9-4-2-5-10-18/h2-14,16-17H,15H2,1H3,(H,25,26). The zero-order valence-corrected chi connectivity index (χ0v) is 16.0. The van der Waals surface area contributed by atoms with E-state index in [1.807, 2.05) is 36.4 Å². The Morgan fingerprint density at radius 1 is 0.828 bits per heavy atom. The first-order valence-electron chi connectivity index (χ1n) is 9.27. The number of benzene rings is 3. The zero-order chi connectivity index (χ0) is 20.6. The molecule has 1 N–H and O–H groups in total. The van der Waals surface area contributed by atoms with Crippen molar-refractivity contribution in [1.29, 1.82) is 0 Å². The molecule has 0 heterocycles. The molecule has 0 radical (unpaired) electrons. The maximum atomic E-state index is 12.4. The summed E-state index contributed by atoms with van der Waals surface area (Å²) in [6.07, 6.45) is -0.681. The number of carbonyl (C=O) groups excluding carboxylic acids is 3. The molecule has 0 aliphatic heterocycles. The fourth-order valence-electron chi connectivity index (χ4n) is 2.83. The van der Waals surface area contributed by atoms with E-state index in [1.54, 1.807) is 49.4 Å². The minimum absolute atomic E-state index is 0.186. The predicted octanol–water partition coefficient (Wildman–Crippen LogP) is 4.30. The lowest BCUT2D eigenvalue weighted by Crippen LogP contribution is -2.24. The Bertz CT molecular complexity index is 1000. The molecule has 0 bridgehead atoms. The van der Waals surface area contributed by atoms with Gasteiger partial charge in [-0.15, -0.1) is 0 Å². The molecule has 3 aromatic rings. The number of hydrogen-bond donors (Lipinski definition) is 1. The molecule has 0 aliphatic rings. The van der Waals surface area contributed by atoms with Gasteiger partial charge in [0, 0.05) is 11.3 Å². The average Bonchev–Trinajstić information content (AvgIpc) is 2.74. The van der Waals surface area contributed by atoms with Gasteiger partial charge in [0.15, 0.2) is 6.10 Å². The molecule has 0 saturated heterocycles. The topological polar surface area (TPSA) is 72.5 Å². The van der Waals surface area contributed by atoms with Crippen LogP contribution in [0.1, 0.15) is 33.2 Å². The van der Waals surface area contributed by atoms with Crippen molar-refractivity contribution in [3.63, 3.8) is 0 Å². The van der Waals surface area contributed by atoms with Crippen LogP contribution in [0.15, 0.2) is 84.9 Å². The van der Waals surface area contributed by atoms with Crippen molar-refractivity contribution in [2.24, 2.45) is 0 Å². The molecule has 3 aromatic carbocycles. The van der Waals surface area contributed by atoms with Crippen molar-refractivity contribution in [3.8, 4) is 0 Å². The fourth-order valence-corrected chi connectivity index (χ4v) is 2.83. The molecule has 0 spiro atoms. The summed E-state index contributed by atoms with van der Waals surface area (Å²) in [7, 11) is 0. The summed E-state index contributed by atoms with van der Waals surface area (Å²) in [4.78, 5) is 37.0. The van der Waals surface area contributed by atoms with Crippen LogP contribution in [-0.4, -0.2) is 23.8 Å². The highest BCUT2D eigenvalue weighted by Gasteiger charge is 2.20. The molecule has 5 nitrogen and oxygen atoms in total. The van der Waals surface area contributed by atoms with Crippen LogP contribution in [0.2, 0.25) is 0 Å². The summed E-state index contributed by atoms with van der Waals surface area (Å²) >= 11 is 0. The molecule has 1 unspecified atom stereocenters. The number of Topliss-reactive ketones (excluding diaryl/α,β-unsaturated/α-hetero) is 1. The van der Waals surface area contributed by atoms with Gasteiger partial charge in [-0.05, 0) is 30.7 Å². The second-order valence-electron chi connectivity index (χ2n) is 6.57. The van der Waals surface area contributed by atoms with Gasteiger partial charge in [0.1, 0.15) is 0 Å². The van der Waals surface area contributed by atoms with Crippen LogP contribution in [0, 0.1) is 0 Å². The van der Waals surface area contributed by atoms with Gasteiger partial charge in [-0.3, -0.25) is 9.59 Å². The Morgan fingerprint density at radius 3 is 2.14 bits per heavy atom. The second-order valence-corrected chi connectivity index (χ2v) is 6.57. The number of rotatable bonds is 7. The Kier molecular flexibility index (Phi) is 6.53. The van der Waals surface area contributed by atoms with E-state index in [0.717, 1.165) is 5.56 Å². The lowest BCUT2D eigenvalue weighted by Gasteiger charge is -2.13. The van der Waals surface area contributed by atoms with E-state index in [1.165, 1.54) is 6.07 Å². The third-order valence-electron chi connectivity index (χ3n) is 4.30. The third-order valence-corrected chi connectivity index (χ3v) is 4.30. The van der Waals surface area contributed by atoms with Gasteiger partial charge in [-0.25, -0.2) is 4.79 Å². The van der Waals surface area contributed by atoms with Crippen LogP contribution in [0.25, 0.3) is 0 Å². The van der Waals surface area contributed by atoms with Crippen molar-refractivity contribution in [3.05, 3.63) is 102 Å². The van der Waals surface area contributed by atoms with E-state index in [0.29, 0.717) is 11.3 Å². The summed E-state index contributed by atoms with van der Waals surface area (Å²) < 4.78 is 5.31. The number of ether oxygens (including phenoxy) is 1. The molecule has 0 saturated carbocycles. The van der Waals surface area contributed by atoms with E-state index >= 15 is 0 Å². The van der Waals surface area contributed by atoms with E-state index in [-0.39, 0.29) is 23.7 Å².